The molecule has 84 valence electrons. The normalized spacial score (nSPS) is 11.8. The lowest BCUT2D eigenvalue weighted by Gasteiger charge is -2.13. The van der Waals surface area contributed by atoms with Crippen molar-refractivity contribution < 1.29 is 13.2 Å². The minimum absolute atomic E-state index is 0.222. The molecule has 0 aliphatic rings. The van der Waals surface area contributed by atoms with Crippen LogP contribution < -0.4 is 5.32 Å². The number of benzene rings is 2. The first kappa shape index (κ1) is 10.8. The topological polar surface area (TPSA) is 12.0 Å². The Kier molecular flexibility index (Phi) is 2.50. The summed E-state index contributed by atoms with van der Waals surface area (Å²) in [5.74, 6) is 0. The lowest BCUT2D eigenvalue weighted by molar-refractivity contribution is -0.136. The third-order valence-corrected chi connectivity index (χ3v) is 2.48. The van der Waals surface area contributed by atoms with Gasteiger partial charge in [-0.3, -0.25) is 0 Å². The molecule has 0 heterocycles. The van der Waals surface area contributed by atoms with Crippen LogP contribution >= 0.6 is 0 Å². The van der Waals surface area contributed by atoms with E-state index in [-0.39, 0.29) is 5.39 Å². The number of hydrogen-bond donors (Lipinski definition) is 1. The van der Waals surface area contributed by atoms with Crippen molar-refractivity contribution in [2.45, 2.75) is 6.18 Å². The van der Waals surface area contributed by atoms with Gasteiger partial charge in [0.2, 0.25) is 0 Å². The van der Waals surface area contributed by atoms with Gasteiger partial charge in [0.25, 0.3) is 0 Å². The zero-order valence-electron chi connectivity index (χ0n) is 8.60. The Hall–Kier alpha value is -1.71. The van der Waals surface area contributed by atoms with E-state index in [4.69, 9.17) is 0 Å². The molecule has 0 saturated carbocycles. The summed E-state index contributed by atoms with van der Waals surface area (Å²) in [7, 11) is 1.61. The van der Waals surface area contributed by atoms with Crippen molar-refractivity contribution in [3.05, 3.63) is 42.0 Å². The van der Waals surface area contributed by atoms with Crippen LogP contribution in [0.25, 0.3) is 10.8 Å². The largest absolute Gasteiger partial charge is 0.417 e. The van der Waals surface area contributed by atoms with E-state index in [0.717, 1.165) is 6.07 Å². The second-order valence-corrected chi connectivity index (χ2v) is 3.46. The Bertz CT molecular complexity index is 512. The zero-order chi connectivity index (χ0) is 11.8. The summed E-state index contributed by atoms with van der Waals surface area (Å²) in [6.07, 6.45) is -4.33. The van der Waals surface area contributed by atoms with Gasteiger partial charge in [0, 0.05) is 18.1 Å². The highest BCUT2D eigenvalue weighted by molar-refractivity contribution is 5.96. The van der Waals surface area contributed by atoms with Crippen LogP contribution in [0.5, 0.6) is 0 Å². The molecule has 0 spiro atoms. The Morgan fingerprint density at radius 3 is 2.19 bits per heavy atom. The first-order valence-electron chi connectivity index (χ1n) is 4.80. The van der Waals surface area contributed by atoms with Crippen molar-refractivity contribution in [1.29, 1.82) is 0 Å². The van der Waals surface area contributed by atoms with Gasteiger partial charge < -0.3 is 5.32 Å². The molecule has 2 rings (SSSR count). The van der Waals surface area contributed by atoms with Crippen molar-refractivity contribution in [3.63, 3.8) is 0 Å². The van der Waals surface area contributed by atoms with Gasteiger partial charge in [0.05, 0.1) is 5.56 Å². The van der Waals surface area contributed by atoms with Crippen LogP contribution in [-0.4, -0.2) is 7.05 Å². The molecule has 0 aliphatic heterocycles. The van der Waals surface area contributed by atoms with E-state index in [2.05, 4.69) is 5.32 Å². The van der Waals surface area contributed by atoms with Gasteiger partial charge in [0.15, 0.2) is 0 Å². The van der Waals surface area contributed by atoms with Crippen molar-refractivity contribution >= 4 is 16.5 Å². The molecule has 0 fully saturated rings. The van der Waals surface area contributed by atoms with Gasteiger partial charge in [-0.05, 0) is 17.5 Å². The van der Waals surface area contributed by atoms with Crippen LogP contribution in [0.1, 0.15) is 5.56 Å². The van der Waals surface area contributed by atoms with E-state index in [1.54, 1.807) is 31.3 Å². The maximum Gasteiger partial charge on any atom is 0.417 e. The zero-order valence-corrected chi connectivity index (χ0v) is 8.60. The van der Waals surface area contributed by atoms with Crippen LogP contribution in [0.2, 0.25) is 0 Å². The van der Waals surface area contributed by atoms with E-state index >= 15 is 0 Å². The predicted molar refractivity (Wildman–Crippen MR) is 58.5 cm³/mol. The lowest BCUT2D eigenvalue weighted by Crippen LogP contribution is -2.06. The highest BCUT2D eigenvalue weighted by Crippen LogP contribution is 2.37. The van der Waals surface area contributed by atoms with Crippen molar-refractivity contribution in [3.8, 4) is 0 Å². The fraction of sp³-hybridized carbons (Fsp3) is 0.167. The SMILES string of the molecule is CNc1cccc2cccc(C(F)(F)F)c12. The Morgan fingerprint density at radius 1 is 1.00 bits per heavy atom. The minimum Gasteiger partial charge on any atom is -0.388 e. The molecule has 4 heteroatoms. The molecular formula is C12H10F3N. The summed E-state index contributed by atoms with van der Waals surface area (Å²) in [4.78, 5) is 0. The van der Waals surface area contributed by atoms with Gasteiger partial charge in [-0.15, -0.1) is 0 Å². The van der Waals surface area contributed by atoms with Crippen LogP contribution in [0.3, 0.4) is 0 Å². The van der Waals surface area contributed by atoms with E-state index < -0.39 is 11.7 Å². The number of anilines is 1. The summed E-state index contributed by atoms with van der Waals surface area (Å²) >= 11 is 0. The van der Waals surface area contributed by atoms with Gasteiger partial charge in [-0.2, -0.15) is 13.2 Å². The van der Waals surface area contributed by atoms with Crippen molar-refractivity contribution in [2.75, 3.05) is 12.4 Å². The van der Waals surface area contributed by atoms with Crippen LogP contribution in [0.4, 0.5) is 18.9 Å². The maximum absolute atomic E-state index is 12.8. The highest BCUT2D eigenvalue weighted by Gasteiger charge is 2.32. The quantitative estimate of drug-likeness (QED) is 0.776. The number of fused-ring (bicyclic) bond motifs is 1. The van der Waals surface area contributed by atoms with Gasteiger partial charge in [-0.25, -0.2) is 0 Å². The third-order valence-electron chi connectivity index (χ3n) is 2.48. The molecule has 0 saturated heterocycles. The Labute approximate surface area is 90.9 Å². The molecule has 0 amide bonds. The fourth-order valence-electron chi connectivity index (χ4n) is 1.79. The second kappa shape index (κ2) is 3.70. The molecule has 0 aliphatic carbocycles. The second-order valence-electron chi connectivity index (χ2n) is 3.46. The standard InChI is InChI=1S/C12H10F3N/c1-16-10-7-3-5-8-4-2-6-9(11(8)10)12(13,14)15/h2-7,16H,1H3. The molecule has 1 nitrogen and oxygen atoms in total. The summed E-state index contributed by atoms with van der Waals surface area (Å²) in [5, 5.41) is 3.59. The summed E-state index contributed by atoms with van der Waals surface area (Å²) in [6, 6.07) is 9.23. The lowest BCUT2D eigenvalue weighted by atomic mass is 10.0. The summed E-state index contributed by atoms with van der Waals surface area (Å²) in [6.45, 7) is 0. The average molecular weight is 225 g/mol. The molecule has 2 aromatic carbocycles. The van der Waals surface area contributed by atoms with Gasteiger partial charge in [0.1, 0.15) is 0 Å². The first-order valence-corrected chi connectivity index (χ1v) is 4.80. The smallest absolute Gasteiger partial charge is 0.388 e. The molecule has 0 unspecified atom stereocenters. The molecule has 0 atom stereocenters. The molecule has 2 aromatic rings. The molecule has 0 aromatic heterocycles. The number of alkyl halides is 3. The van der Waals surface area contributed by atoms with Crippen LogP contribution in [0.15, 0.2) is 36.4 Å². The van der Waals surface area contributed by atoms with Crippen molar-refractivity contribution in [1.82, 2.24) is 0 Å². The monoisotopic (exact) mass is 225 g/mol. The number of nitrogens with one attached hydrogen (secondary N) is 1. The van der Waals surface area contributed by atoms with Gasteiger partial charge in [-0.1, -0.05) is 24.3 Å². The van der Waals surface area contributed by atoms with E-state index in [1.807, 2.05) is 0 Å². The Balaban J connectivity index is 2.84. The van der Waals surface area contributed by atoms with Crippen LogP contribution in [0, 0.1) is 0 Å². The number of halogens is 3. The molecule has 0 radical (unpaired) electrons. The number of rotatable bonds is 1. The van der Waals surface area contributed by atoms with E-state index in [1.165, 1.54) is 6.07 Å². The number of hydrogen-bond acceptors (Lipinski definition) is 1. The molecule has 0 bridgehead atoms. The Morgan fingerprint density at radius 2 is 1.62 bits per heavy atom. The molecular weight excluding hydrogens is 215 g/mol. The van der Waals surface area contributed by atoms with E-state index in [0.29, 0.717) is 11.1 Å². The van der Waals surface area contributed by atoms with Crippen molar-refractivity contribution in [2.24, 2.45) is 0 Å². The maximum atomic E-state index is 12.8. The third kappa shape index (κ3) is 1.71. The van der Waals surface area contributed by atoms with Crippen LogP contribution in [-0.2, 0) is 6.18 Å². The van der Waals surface area contributed by atoms with E-state index in [9.17, 15) is 13.2 Å². The first-order chi connectivity index (χ1) is 7.54. The molecule has 1 N–H and O–H groups in total. The predicted octanol–water partition coefficient (Wildman–Crippen LogP) is 3.90. The minimum atomic E-state index is -4.33. The highest BCUT2D eigenvalue weighted by atomic mass is 19.4. The summed E-state index contributed by atoms with van der Waals surface area (Å²) in [5.41, 5.74) is -0.111. The average Bonchev–Trinajstić information content (AvgIpc) is 2.26. The van der Waals surface area contributed by atoms with Gasteiger partial charge >= 0.3 is 6.18 Å². The summed E-state index contributed by atoms with van der Waals surface area (Å²) < 4.78 is 38.4. The fourth-order valence-corrected chi connectivity index (χ4v) is 1.79. The molecule has 16 heavy (non-hydrogen) atoms.